The van der Waals surface area contributed by atoms with E-state index in [1.807, 2.05) is 0 Å². The first-order valence-electron chi connectivity index (χ1n) is 13.4. The van der Waals surface area contributed by atoms with Gasteiger partial charge in [-0.25, -0.2) is 0 Å². The second kappa shape index (κ2) is 13.5. The van der Waals surface area contributed by atoms with Gasteiger partial charge in [0.05, 0.1) is 6.61 Å². The first-order chi connectivity index (χ1) is 17.3. The molecule has 0 bridgehead atoms. The number of hydrogen-bond donors (Lipinski definition) is 0. The van der Waals surface area contributed by atoms with Crippen LogP contribution in [0, 0.1) is 11.8 Å². The van der Waals surface area contributed by atoms with Gasteiger partial charge in [0.15, 0.2) is 14.1 Å². The van der Waals surface area contributed by atoms with Crippen LogP contribution < -0.4 is 10.4 Å². The van der Waals surface area contributed by atoms with Crippen LogP contribution in [0.4, 0.5) is 0 Å². The Morgan fingerprint density at radius 3 is 1.84 bits per heavy atom. The lowest BCUT2D eigenvalue weighted by molar-refractivity contribution is -0.114. The van der Waals surface area contributed by atoms with Crippen LogP contribution in [0.25, 0.3) is 0 Å². The summed E-state index contributed by atoms with van der Waals surface area (Å²) >= 11 is 0. The molecule has 0 fully saturated rings. The minimum absolute atomic E-state index is 0.0404. The van der Waals surface area contributed by atoms with Crippen molar-refractivity contribution in [3.63, 3.8) is 0 Å². The van der Waals surface area contributed by atoms with Gasteiger partial charge >= 0.3 is 0 Å². The van der Waals surface area contributed by atoms with Gasteiger partial charge in [0.25, 0.3) is 8.32 Å². The van der Waals surface area contributed by atoms with Gasteiger partial charge in [0, 0.05) is 13.0 Å². The highest BCUT2D eigenvalue weighted by Gasteiger charge is 2.49. The Hall–Kier alpha value is -2.24. The van der Waals surface area contributed by atoms with Gasteiger partial charge in [-0.15, -0.1) is 0 Å². The zero-order chi connectivity index (χ0) is 27.6. The van der Waals surface area contributed by atoms with E-state index < -0.39 is 16.6 Å². The molecule has 2 aromatic carbocycles. The summed E-state index contributed by atoms with van der Waals surface area (Å²) in [5, 5.41) is 2.69. The summed E-state index contributed by atoms with van der Waals surface area (Å²) < 4.78 is 12.9. The fraction of sp³-hybridized carbons (Fsp3) is 0.469. The van der Waals surface area contributed by atoms with Crippen LogP contribution in [0.15, 0.2) is 72.8 Å². The van der Waals surface area contributed by atoms with E-state index in [0.717, 1.165) is 12.8 Å². The lowest BCUT2D eigenvalue weighted by atomic mass is 10.2. The van der Waals surface area contributed by atoms with Crippen molar-refractivity contribution in [2.24, 2.45) is 0 Å². The van der Waals surface area contributed by atoms with Crippen LogP contribution >= 0.6 is 0 Å². The molecular formula is C32H46O3Si2. The van der Waals surface area contributed by atoms with Crippen LogP contribution in [0.3, 0.4) is 0 Å². The first-order valence-corrected chi connectivity index (χ1v) is 18.2. The third-order valence-electron chi connectivity index (χ3n) is 7.32. The third-order valence-corrected chi connectivity index (χ3v) is 16.8. The van der Waals surface area contributed by atoms with Gasteiger partial charge in [-0.1, -0.05) is 114 Å². The molecule has 0 aliphatic carbocycles. The van der Waals surface area contributed by atoms with Crippen LogP contribution in [0.1, 0.15) is 60.8 Å². The minimum Gasteiger partial charge on any atom is -0.407 e. The van der Waals surface area contributed by atoms with Crippen molar-refractivity contribution < 1.29 is 13.6 Å². The van der Waals surface area contributed by atoms with Gasteiger partial charge in [0.1, 0.15) is 0 Å². The van der Waals surface area contributed by atoms with E-state index in [1.54, 1.807) is 12.2 Å². The summed E-state index contributed by atoms with van der Waals surface area (Å²) in [7, 11) is -4.30. The zero-order valence-corrected chi connectivity index (χ0v) is 26.2. The molecular weight excluding hydrogens is 489 g/mol. The maximum atomic E-state index is 12.3. The monoisotopic (exact) mass is 534 g/mol. The summed E-state index contributed by atoms with van der Waals surface area (Å²) in [6, 6.07) is 21.3. The Labute approximate surface area is 227 Å². The molecule has 2 rings (SSSR count). The van der Waals surface area contributed by atoms with Gasteiger partial charge in [-0.3, -0.25) is 4.79 Å². The number of allylic oxidation sites excluding steroid dienone is 2. The molecule has 0 unspecified atom stereocenters. The number of benzene rings is 2. The molecule has 5 heteroatoms. The second-order valence-electron chi connectivity index (χ2n) is 12.1. The molecule has 37 heavy (non-hydrogen) atoms. The van der Waals surface area contributed by atoms with Gasteiger partial charge < -0.3 is 8.85 Å². The summed E-state index contributed by atoms with van der Waals surface area (Å²) in [6.07, 6.45) is 5.38. The van der Waals surface area contributed by atoms with Crippen LogP contribution in [0.2, 0.25) is 23.2 Å². The van der Waals surface area contributed by atoms with Crippen molar-refractivity contribution in [1.29, 1.82) is 0 Å². The highest BCUT2D eigenvalue weighted by molar-refractivity contribution is 6.99. The Bertz CT molecular complexity index is 1030. The lowest BCUT2D eigenvalue weighted by Gasteiger charge is -2.43. The molecule has 0 radical (unpaired) electrons. The van der Waals surface area contributed by atoms with Gasteiger partial charge in [-0.05, 0) is 58.5 Å². The Balaban J connectivity index is 1.92. The summed E-state index contributed by atoms with van der Waals surface area (Å²) in [6.45, 7) is 19.0. The molecule has 3 nitrogen and oxygen atoms in total. The molecule has 0 saturated heterocycles. The standard InChI is InChI=1S/C32H46O3Si2/c1-31(2,3)36(7,8)34-26-18-11-12-20-28(33)21-17-19-27-35-37(32(4,5)6,29-22-13-9-14-23-29)30-24-15-10-16-25-30/h9-10,12-16,20,22-25H,17,19,21,26-27H2,1-8H3/b20-12+. The van der Waals surface area contributed by atoms with Crippen LogP contribution in [-0.2, 0) is 13.6 Å². The normalized spacial score (nSPS) is 12.9. The summed E-state index contributed by atoms with van der Waals surface area (Å²) in [5.74, 6) is 6.06. The average Bonchev–Trinajstić information content (AvgIpc) is 2.83. The number of rotatable bonds is 11. The highest BCUT2D eigenvalue weighted by Crippen LogP contribution is 2.37. The van der Waals surface area contributed by atoms with Crippen molar-refractivity contribution in [3.05, 3.63) is 72.8 Å². The van der Waals surface area contributed by atoms with E-state index in [-0.39, 0.29) is 15.9 Å². The molecule has 0 atom stereocenters. The van der Waals surface area contributed by atoms with Gasteiger partial charge in [0.2, 0.25) is 0 Å². The Morgan fingerprint density at radius 1 is 0.811 bits per heavy atom. The van der Waals surface area contributed by atoms with Gasteiger partial charge in [-0.2, -0.15) is 0 Å². The molecule has 0 aliphatic rings. The topological polar surface area (TPSA) is 35.5 Å². The smallest absolute Gasteiger partial charge is 0.261 e. The highest BCUT2D eigenvalue weighted by atomic mass is 28.4. The molecule has 0 saturated carbocycles. The molecule has 0 amide bonds. The van der Waals surface area contributed by atoms with E-state index in [9.17, 15) is 4.79 Å². The SMILES string of the molecule is CC(C)(C)[Si](C)(C)OCC#C/C=C/C(=O)CCCCO[Si](c1ccccc1)(c1ccccc1)C(C)(C)C. The number of carbonyl (C=O) groups excluding carboxylic acids is 1. The average molecular weight is 535 g/mol. The Kier molecular flexibility index (Phi) is 11.3. The van der Waals surface area contributed by atoms with E-state index in [0.29, 0.717) is 19.6 Å². The molecule has 0 spiro atoms. The maximum Gasteiger partial charge on any atom is 0.261 e. The summed E-state index contributed by atoms with van der Waals surface area (Å²) in [4.78, 5) is 12.3. The maximum absolute atomic E-state index is 12.3. The molecule has 200 valence electrons. The van der Waals surface area contributed by atoms with Crippen molar-refractivity contribution in [1.82, 2.24) is 0 Å². The second-order valence-corrected chi connectivity index (χ2v) is 21.3. The van der Waals surface area contributed by atoms with Crippen molar-refractivity contribution in [2.75, 3.05) is 13.2 Å². The molecule has 2 aromatic rings. The largest absolute Gasteiger partial charge is 0.407 e. The number of hydrogen-bond acceptors (Lipinski definition) is 3. The minimum atomic E-state index is -2.51. The molecule has 0 aliphatic heterocycles. The first kappa shape index (κ1) is 31.0. The fourth-order valence-corrected chi connectivity index (χ4v) is 9.61. The predicted octanol–water partition coefficient (Wildman–Crippen LogP) is 6.88. The number of unbranched alkanes of at least 4 members (excludes halogenated alkanes) is 1. The van der Waals surface area contributed by atoms with E-state index >= 15 is 0 Å². The van der Waals surface area contributed by atoms with Crippen molar-refractivity contribution in [3.8, 4) is 11.8 Å². The number of ketones is 1. The number of carbonyl (C=O) groups is 1. The molecule has 0 heterocycles. The predicted molar refractivity (Wildman–Crippen MR) is 162 cm³/mol. The van der Waals surface area contributed by atoms with Crippen LogP contribution in [0.5, 0.6) is 0 Å². The fourth-order valence-electron chi connectivity index (χ4n) is 4.14. The van der Waals surface area contributed by atoms with E-state index in [1.165, 1.54) is 10.4 Å². The zero-order valence-electron chi connectivity index (χ0n) is 24.2. The Morgan fingerprint density at radius 2 is 1.35 bits per heavy atom. The van der Waals surface area contributed by atoms with E-state index in [2.05, 4.69) is 127 Å². The van der Waals surface area contributed by atoms with Crippen LogP contribution in [-0.4, -0.2) is 35.6 Å². The van der Waals surface area contributed by atoms with Crippen molar-refractivity contribution >= 4 is 32.8 Å². The quantitative estimate of drug-likeness (QED) is 0.136. The molecule has 0 aromatic heterocycles. The van der Waals surface area contributed by atoms with Crippen molar-refractivity contribution in [2.45, 2.75) is 84.0 Å². The lowest BCUT2D eigenvalue weighted by Crippen LogP contribution is -2.66. The summed E-state index contributed by atoms with van der Waals surface area (Å²) in [5.41, 5.74) is 0. The molecule has 0 N–H and O–H groups in total. The third kappa shape index (κ3) is 8.65. The van der Waals surface area contributed by atoms with E-state index in [4.69, 9.17) is 8.85 Å².